The molecular weight excluding hydrogens is 299 g/mol. The van der Waals surface area contributed by atoms with Crippen molar-refractivity contribution in [2.24, 2.45) is 0 Å². The zero-order valence-corrected chi connectivity index (χ0v) is 13.0. The van der Waals surface area contributed by atoms with Gasteiger partial charge in [0, 0.05) is 38.3 Å². The van der Waals surface area contributed by atoms with E-state index in [0.29, 0.717) is 38.3 Å². The van der Waals surface area contributed by atoms with E-state index in [1.54, 1.807) is 9.80 Å². The van der Waals surface area contributed by atoms with E-state index in [-0.39, 0.29) is 23.7 Å². The number of rotatable bonds is 2. The number of hydrogen-bond donors (Lipinski definition) is 0. The molecule has 124 valence electrons. The molecule has 2 amide bonds. The lowest BCUT2D eigenvalue weighted by Crippen LogP contribution is -2.41. The van der Waals surface area contributed by atoms with Crippen LogP contribution >= 0.6 is 0 Å². The molecular formula is C17H21FN2O3. The summed E-state index contributed by atoms with van der Waals surface area (Å²) in [6, 6.07) is 5.58. The maximum Gasteiger partial charge on any atom is 0.253 e. The number of carbonyl (C=O) groups excluding carboxylic acids is 2. The van der Waals surface area contributed by atoms with E-state index in [0.717, 1.165) is 19.3 Å². The summed E-state index contributed by atoms with van der Waals surface area (Å²) in [5.74, 6) is -0.430. The molecule has 0 saturated carbocycles. The highest BCUT2D eigenvalue weighted by Crippen LogP contribution is 2.17. The van der Waals surface area contributed by atoms with Gasteiger partial charge in [-0.05, 0) is 43.5 Å². The smallest absolute Gasteiger partial charge is 0.253 e. The van der Waals surface area contributed by atoms with Crippen LogP contribution in [0.15, 0.2) is 24.3 Å². The molecule has 0 N–H and O–H groups in total. The van der Waals surface area contributed by atoms with E-state index in [4.69, 9.17) is 4.74 Å². The van der Waals surface area contributed by atoms with Gasteiger partial charge in [0.1, 0.15) is 11.9 Å². The zero-order chi connectivity index (χ0) is 16.2. The quantitative estimate of drug-likeness (QED) is 0.833. The lowest BCUT2D eigenvalue weighted by molar-refractivity contribution is -0.140. The lowest BCUT2D eigenvalue weighted by atomic mass is 10.2. The van der Waals surface area contributed by atoms with Gasteiger partial charge in [-0.2, -0.15) is 0 Å². The second-order valence-corrected chi connectivity index (χ2v) is 5.98. The van der Waals surface area contributed by atoms with Crippen molar-refractivity contribution in [3.63, 3.8) is 0 Å². The molecule has 2 saturated heterocycles. The van der Waals surface area contributed by atoms with Crippen molar-refractivity contribution in [2.75, 3.05) is 32.8 Å². The van der Waals surface area contributed by atoms with Gasteiger partial charge in [0.25, 0.3) is 11.8 Å². The molecule has 0 aromatic heterocycles. The molecule has 0 aliphatic carbocycles. The van der Waals surface area contributed by atoms with Crippen LogP contribution in [0.4, 0.5) is 4.39 Å². The lowest BCUT2D eigenvalue weighted by Gasteiger charge is -2.24. The summed E-state index contributed by atoms with van der Waals surface area (Å²) in [6.07, 6.45) is 2.15. The predicted molar refractivity (Wildman–Crippen MR) is 82.5 cm³/mol. The van der Waals surface area contributed by atoms with Crippen molar-refractivity contribution in [1.82, 2.24) is 9.80 Å². The van der Waals surface area contributed by atoms with Gasteiger partial charge in [0.15, 0.2) is 0 Å². The van der Waals surface area contributed by atoms with Crippen molar-refractivity contribution in [2.45, 2.75) is 25.4 Å². The number of nitrogens with zero attached hydrogens (tertiary/aromatic N) is 2. The SMILES string of the molecule is O=C(c1ccc(F)cc1)N1CCCN(C(=O)C2CCCO2)CC1. The number of benzene rings is 1. The third-order valence-corrected chi connectivity index (χ3v) is 4.39. The van der Waals surface area contributed by atoms with E-state index in [9.17, 15) is 14.0 Å². The van der Waals surface area contributed by atoms with Crippen molar-refractivity contribution < 1.29 is 18.7 Å². The minimum atomic E-state index is -0.356. The van der Waals surface area contributed by atoms with E-state index in [1.165, 1.54) is 24.3 Å². The van der Waals surface area contributed by atoms with Gasteiger partial charge in [0.2, 0.25) is 0 Å². The molecule has 5 nitrogen and oxygen atoms in total. The van der Waals surface area contributed by atoms with Gasteiger partial charge < -0.3 is 14.5 Å². The fourth-order valence-corrected chi connectivity index (χ4v) is 3.09. The van der Waals surface area contributed by atoms with Crippen molar-refractivity contribution in [3.05, 3.63) is 35.6 Å². The van der Waals surface area contributed by atoms with Crippen LogP contribution in [-0.4, -0.2) is 60.5 Å². The monoisotopic (exact) mass is 320 g/mol. The standard InChI is InChI=1S/C17H21FN2O3/c18-14-6-4-13(5-7-14)16(21)19-8-2-9-20(11-10-19)17(22)15-3-1-12-23-15/h4-7,15H,1-3,8-12H2. The van der Waals surface area contributed by atoms with Gasteiger partial charge in [0.05, 0.1) is 0 Å². The summed E-state index contributed by atoms with van der Waals surface area (Å²) in [5, 5.41) is 0. The molecule has 6 heteroatoms. The van der Waals surface area contributed by atoms with Gasteiger partial charge in [-0.1, -0.05) is 0 Å². The second kappa shape index (κ2) is 7.08. The Morgan fingerprint density at radius 2 is 1.70 bits per heavy atom. The van der Waals surface area contributed by atoms with Crippen molar-refractivity contribution in [3.8, 4) is 0 Å². The first kappa shape index (κ1) is 15.9. The minimum Gasteiger partial charge on any atom is -0.368 e. The van der Waals surface area contributed by atoms with Crippen LogP contribution < -0.4 is 0 Å². The number of halogens is 1. The molecule has 23 heavy (non-hydrogen) atoms. The van der Waals surface area contributed by atoms with Crippen molar-refractivity contribution >= 4 is 11.8 Å². The van der Waals surface area contributed by atoms with Crippen LogP contribution in [0.3, 0.4) is 0 Å². The fraction of sp³-hybridized carbons (Fsp3) is 0.529. The first-order chi connectivity index (χ1) is 11.1. The summed E-state index contributed by atoms with van der Waals surface area (Å²) in [5.41, 5.74) is 0.477. The van der Waals surface area contributed by atoms with E-state index in [2.05, 4.69) is 0 Å². The van der Waals surface area contributed by atoms with Gasteiger partial charge >= 0.3 is 0 Å². The Balaban J connectivity index is 1.60. The second-order valence-electron chi connectivity index (χ2n) is 5.98. The third-order valence-electron chi connectivity index (χ3n) is 4.39. The third kappa shape index (κ3) is 3.69. The Labute approximate surface area is 135 Å². The van der Waals surface area contributed by atoms with E-state index >= 15 is 0 Å². The highest BCUT2D eigenvalue weighted by molar-refractivity contribution is 5.94. The highest BCUT2D eigenvalue weighted by atomic mass is 19.1. The fourth-order valence-electron chi connectivity index (χ4n) is 3.09. The van der Waals surface area contributed by atoms with Crippen LogP contribution in [0.1, 0.15) is 29.6 Å². The molecule has 0 bridgehead atoms. The number of amides is 2. The molecule has 1 unspecified atom stereocenters. The average molecular weight is 320 g/mol. The maximum atomic E-state index is 13.0. The van der Waals surface area contributed by atoms with E-state index in [1.807, 2.05) is 0 Å². The molecule has 1 atom stereocenters. The Morgan fingerprint density at radius 1 is 1.00 bits per heavy atom. The Kier molecular flexibility index (Phi) is 4.91. The molecule has 0 radical (unpaired) electrons. The summed E-state index contributed by atoms with van der Waals surface area (Å²) >= 11 is 0. The molecule has 2 heterocycles. The van der Waals surface area contributed by atoms with Gasteiger partial charge in [-0.15, -0.1) is 0 Å². The molecule has 2 aliphatic rings. The first-order valence-corrected chi connectivity index (χ1v) is 8.10. The van der Waals surface area contributed by atoms with Crippen molar-refractivity contribution in [1.29, 1.82) is 0 Å². The van der Waals surface area contributed by atoms with Gasteiger partial charge in [-0.3, -0.25) is 9.59 Å². The molecule has 2 aliphatic heterocycles. The average Bonchev–Trinajstić information content (AvgIpc) is 2.99. The molecule has 3 rings (SSSR count). The normalized spacial score (nSPS) is 22.0. The largest absolute Gasteiger partial charge is 0.368 e. The molecule has 2 fully saturated rings. The van der Waals surface area contributed by atoms with Gasteiger partial charge in [-0.25, -0.2) is 4.39 Å². The maximum absolute atomic E-state index is 13.0. The summed E-state index contributed by atoms with van der Waals surface area (Å²) in [7, 11) is 0. The number of carbonyl (C=O) groups is 2. The summed E-state index contributed by atoms with van der Waals surface area (Å²) in [4.78, 5) is 28.4. The topological polar surface area (TPSA) is 49.9 Å². The molecule has 0 spiro atoms. The number of hydrogen-bond acceptors (Lipinski definition) is 3. The highest BCUT2D eigenvalue weighted by Gasteiger charge is 2.30. The Morgan fingerprint density at radius 3 is 2.39 bits per heavy atom. The summed E-state index contributed by atoms with van der Waals surface area (Å²) in [6.45, 7) is 2.91. The van der Waals surface area contributed by atoms with Crippen LogP contribution in [0.2, 0.25) is 0 Å². The predicted octanol–water partition coefficient (Wildman–Crippen LogP) is 1.68. The number of ether oxygens (including phenoxy) is 1. The van der Waals surface area contributed by atoms with Crippen LogP contribution in [0, 0.1) is 5.82 Å². The Bertz CT molecular complexity index is 570. The van der Waals surface area contributed by atoms with Crippen LogP contribution in [-0.2, 0) is 9.53 Å². The zero-order valence-electron chi connectivity index (χ0n) is 13.0. The first-order valence-electron chi connectivity index (χ1n) is 8.10. The minimum absolute atomic E-state index is 0.0404. The molecule has 1 aromatic rings. The van der Waals surface area contributed by atoms with Crippen LogP contribution in [0.25, 0.3) is 0 Å². The van der Waals surface area contributed by atoms with E-state index < -0.39 is 0 Å². The molecule has 1 aromatic carbocycles. The van der Waals surface area contributed by atoms with Crippen LogP contribution in [0.5, 0.6) is 0 Å². The summed E-state index contributed by atoms with van der Waals surface area (Å²) < 4.78 is 18.4. The Hall–Kier alpha value is -1.95.